The van der Waals surface area contributed by atoms with Crippen molar-refractivity contribution >= 4 is 17.9 Å². The van der Waals surface area contributed by atoms with E-state index in [0.717, 1.165) is 96.3 Å². The van der Waals surface area contributed by atoms with Gasteiger partial charge in [0.05, 0.1) is 0 Å². The summed E-state index contributed by atoms with van der Waals surface area (Å²) >= 11 is 0. The number of carbonyl (C=O) groups is 3. The highest BCUT2D eigenvalue weighted by Crippen LogP contribution is 2.15. The Morgan fingerprint density at radius 1 is 0.300 bits per heavy atom. The van der Waals surface area contributed by atoms with Gasteiger partial charge in [-0.1, -0.05) is 251 Å². The van der Waals surface area contributed by atoms with E-state index < -0.39 is 6.10 Å². The normalized spacial score (nSPS) is 13.0. The molecule has 70 heavy (non-hydrogen) atoms. The first kappa shape index (κ1) is 65.8. The summed E-state index contributed by atoms with van der Waals surface area (Å²) in [6.07, 6.45) is 79.2. The number of hydrogen-bond donors (Lipinski definition) is 0. The summed E-state index contributed by atoms with van der Waals surface area (Å²) in [5.41, 5.74) is 0. The average Bonchev–Trinajstić information content (AvgIpc) is 3.36. The minimum atomic E-state index is -0.827. The van der Waals surface area contributed by atoms with Crippen LogP contribution in [0, 0.1) is 0 Å². The van der Waals surface area contributed by atoms with Crippen molar-refractivity contribution in [2.45, 2.75) is 252 Å². The van der Waals surface area contributed by atoms with E-state index in [9.17, 15) is 14.4 Å². The third-order valence-electron chi connectivity index (χ3n) is 11.7. The molecule has 0 spiro atoms. The van der Waals surface area contributed by atoms with Crippen LogP contribution in [0.5, 0.6) is 0 Å². The van der Waals surface area contributed by atoms with Crippen LogP contribution in [0.2, 0.25) is 0 Å². The molecule has 0 aromatic heterocycles. The van der Waals surface area contributed by atoms with E-state index in [1.165, 1.54) is 96.3 Å². The fourth-order valence-corrected chi connectivity index (χ4v) is 7.52. The number of allylic oxidation sites excluding steroid dienone is 20. The number of ether oxygens (including phenoxy) is 3. The lowest BCUT2D eigenvalue weighted by molar-refractivity contribution is -0.166. The fourth-order valence-electron chi connectivity index (χ4n) is 7.52. The lowest BCUT2D eigenvalue weighted by Crippen LogP contribution is -2.30. The Morgan fingerprint density at radius 2 is 0.586 bits per heavy atom. The molecule has 396 valence electrons. The molecule has 6 heteroatoms. The first-order valence-corrected chi connectivity index (χ1v) is 28.5. The molecule has 0 rings (SSSR count). The van der Waals surface area contributed by atoms with Crippen molar-refractivity contribution in [3.8, 4) is 0 Å². The molecule has 0 saturated heterocycles. The van der Waals surface area contributed by atoms with Crippen LogP contribution < -0.4 is 0 Å². The zero-order valence-corrected chi connectivity index (χ0v) is 45.2. The molecule has 0 bridgehead atoms. The molecule has 0 fully saturated rings. The lowest BCUT2D eigenvalue weighted by atomic mass is 10.0. The predicted molar refractivity (Wildman–Crippen MR) is 302 cm³/mol. The van der Waals surface area contributed by atoms with Crippen LogP contribution in [0.1, 0.15) is 245 Å². The van der Waals surface area contributed by atoms with E-state index >= 15 is 0 Å². The molecule has 0 aliphatic carbocycles. The maximum Gasteiger partial charge on any atom is 0.306 e. The summed E-state index contributed by atoms with van der Waals surface area (Å²) < 4.78 is 16.7. The third kappa shape index (κ3) is 54.7. The molecule has 0 aromatic rings. The van der Waals surface area contributed by atoms with Gasteiger partial charge in [-0.25, -0.2) is 0 Å². The SMILES string of the molecule is CC/C=C\C/C=C\C/C=C\C/C=C\C/C=C\C/C=C\CCCCC(=O)OCC(COC(=O)CC/C=C\C/C=C\C/C=C\C/C=C\CC)OC(=O)CCCCCCCCCCCCCCCCCCCC. The molecule has 0 N–H and O–H groups in total. The van der Waals surface area contributed by atoms with Gasteiger partial charge in [0.2, 0.25) is 0 Å². The highest BCUT2D eigenvalue weighted by atomic mass is 16.6. The molecule has 0 aliphatic rings. The van der Waals surface area contributed by atoms with Gasteiger partial charge in [-0.15, -0.1) is 0 Å². The Balaban J connectivity index is 4.51. The molecular weight excluding hydrogens is 865 g/mol. The Morgan fingerprint density at radius 3 is 0.957 bits per heavy atom. The van der Waals surface area contributed by atoms with Crippen LogP contribution in [0.3, 0.4) is 0 Å². The van der Waals surface area contributed by atoms with Gasteiger partial charge in [-0.2, -0.15) is 0 Å². The average molecular weight is 970 g/mol. The Kier molecular flexibility index (Phi) is 54.0. The monoisotopic (exact) mass is 969 g/mol. The summed E-state index contributed by atoms with van der Waals surface area (Å²) in [5, 5.41) is 0. The van der Waals surface area contributed by atoms with Crippen LogP contribution in [-0.2, 0) is 28.6 Å². The van der Waals surface area contributed by atoms with E-state index in [4.69, 9.17) is 14.2 Å². The van der Waals surface area contributed by atoms with Crippen molar-refractivity contribution in [2.75, 3.05) is 13.2 Å². The Labute approximate surface area is 431 Å². The molecule has 0 radical (unpaired) electrons. The summed E-state index contributed by atoms with van der Waals surface area (Å²) in [6, 6.07) is 0. The van der Waals surface area contributed by atoms with E-state index in [-0.39, 0.29) is 44.0 Å². The molecule has 0 saturated carbocycles. The van der Waals surface area contributed by atoms with Gasteiger partial charge < -0.3 is 14.2 Å². The topological polar surface area (TPSA) is 78.9 Å². The van der Waals surface area contributed by atoms with Gasteiger partial charge in [0.25, 0.3) is 0 Å². The van der Waals surface area contributed by atoms with Crippen molar-refractivity contribution in [1.82, 2.24) is 0 Å². The second kappa shape index (κ2) is 57.4. The second-order valence-corrected chi connectivity index (χ2v) is 18.4. The number of unbranched alkanes of at least 4 members (excludes halogenated alkanes) is 19. The predicted octanol–water partition coefficient (Wildman–Crippen LogP) is 19.3. The van der Waals surface area contributed by atoms with Crippen molar-refractivity contribution < 1.29 is 28.6 Å². The van der Waals surface area contributed by atoms with Crippen LogP contribution in [-0.4, -0.2) is 37.2 Å². The molecule has 0 heterocycles. The van der Waals surface area contributed by atoms with Crippen molar-refractivity contribution in [1.29, 1.82) is 0 Å². The molecule has 0 amide bonds. The number of hydrogen-bond acceptors (Lipinski definition) is 6. The minimum absolute atomic E-state index is 0.124. The van der Waals surface area contributed by atoms with Crippen molar-refractivity contribution in [2.24, 2.45) is 0 Å². The van der Waals surface area contributed by atoms with E-state index in [1.807, 2.05) is 12.2 Å². The van der Waals surface area contributed by atoms with Gasteiger partial charge in [0.1, 0.15) is 13.2 Å². The van der Waals surface area contributed by atoms with Crippen molar-refractivity contribution in [3.05, 3.63) is 122 Å². The molecule has 0 aromatic carbocycles. The van der Waals surface area contributed by atoms with Gasteiger partial charge in [0, 0.05) is 19.3 Å². The zero-order valence-electron chi connectivity index (χ0n) is 45.2. The summed E-state index contributed by atoms with van der Waals surface area (Å²) in [6.45, 7) is 6.31. The smallest absolute Gasteiger partial charge is 0.306 e. The lowest BCUT2D eigenvalue weighted by Gasteiger charge is -2.18. The first-order valence-electron chi connectivity index (χ1n) is 28.5. The van der Waals surface area contributed by atoms with Gasteiger partial charge in [0.15, 0.2) is 6.10 Å². The van der Waals surface area contributed by atoms with Gasteiger partial charge in [-0.05, 0) is 96.3 Å². The molecule has 1 unspecified atom stereocenters. The first-order chi connectivity index (χ1) is 34.5. The largest absolute Gasteiger partial charge is 0.462 e. The highest BCUT2D eigenvalue weighted by Gasteiger charge is 2.19. The highest BCUT2D eigenvalue weighted by molar-refractivity contribution is 5.71. The molecule has 0 aliphatic heterocycles. The van der Waals surface area contributed by atoms with Crippen LogP contribution in [0.25, 0.3) is 0 Å². The fraction of sp³-hybridized carbons (Fsp3) is 0.641. The maximum absolute atomic E-state index is 12.9. The van der Waals surface area contributed by atoms with Crippen LogP contribution >= 0.6 is 0 Å². The van der Waals surface area contributed by atoms with E-state index in [1.54, 1.807) is 0 Å². The number of rotatable bonds is 50. The van der Waals surface area contributed by atoms with Crippen LogP contribution in [0.15, 0.2) is 122 Å². The minimum Gasteiger partial charge on any atom is -0.462 e. The van der Waals surface area contributed by atoms with Gasteiger partial charge in [-0.3, -0.25) is 14.4 Å². The molecule has 6 nitrogen and oxygen atoms in total. The van der Waals surface area contributed by atoms with E-state index in [0.29, 0.717) is 19.3 Å². The Bertz CT molecular complexity index is 1490. The molecular formula is C64H104O6. The number of esters is 3. The maximum atomic E-state index is 12.9. The summed E-state index contributed by atoms with van der Waals surface area (Å²) in [5.74, 6) is -1.05. The quantitative estimate of drug-likeness (QED) is 0.0262. The third-order valence-corrected chi connectivity index (χ3v) is 11.7. The molecule has 1 atom stereocenters. The van der Waals surface area contributed by atoms with E-state index in [2.05, 4.69) is 130 Å². The zero-order chi connectivity index (χ0) is 50.7. The Hall–Kier alpha value is -4.19. The van der Waals surface area contributed by atoms with Crippen molar-refractivity contribution in [3.63, 3.8) is 0 Å². The van der Waals surface area contributed by atoms with Crippen LogP contribution in [0.4, 0.5) is 0 Å². The van der Waals surface area contributed by atoms with Gasteiger partial charge >= 0.3 is 17.9 Å². The summed E-state index contributed by atoms with van der Waals surface area (Å²) in [7, 11) is 0. The number of carbonyl (C=O) groups excluding carboxylic acids is 3. The standard InChI is InChI=1S/C64H104O6/c1-4-7-10-13-16-19-22-25-27-29-31-32-33-35-36-39-42-45-48-51-54-57-63(66)69-60-61(59-68-62(65)56-53-50-47-44-41-38-24-21-18-15-12-9-6-3)70-64(67)58-55-52-49-46-43-40-37-34-30-28-26-23-20-17-14-11-8-5-2/h7,9-10,12,16,18-19,21,25,27,31-32,35-36,38,41-42,45,47,50,61H,4-6,8,11,13-15,17,20,22-24,26,28-30,33-34,37,39-40,43-44,46,48-49,51-60H2,1-3H3/b10-7-,12-9-,19-16-,21-18-,27-25-,32-31-,36-35-,41-38-,45-42-,50-47-. The second-order valence-electron chi connectivity index (χ2n) is 18.4. The summed E-state index contributed by atoms with van der Waals surface area (Å²) in [4.78, 5) is 38.1.